The highest BCUT2D eigenvalue weighted by Crippen LogP contribution is 2.19. The summed E-state index contributed by atoms with van der Waals surface area (Å²) in [5.74, 6) is 0.534. The van der Waals surface area contributed by atoms with Crippen molar-refractivity contribution in [3.63, 3.8) is 0 Å². The second-order valence-electron chi connectivity index (χ2n) is 6.08. The Kier molecular flexibility index (Phi) is 4.26. The maximum Gasteiger partial charge on any atom is 0.273 e. The molecule has 0 unspecified atom stereocenters. The molecular formula is C15H20N4O2. The zero-order chi connectivity index (χ0) is 15.5. The molecule has 2 aromatic heterocycles. The van der Waals surface area contributed by atoms with Gasteiger partial charge in [-0.05, 0) is 24.0 Å². The largest absolute Gasteiger partial charge is 0.444 e. The van der Waals surface area contributed by atoms with Crippen LogP contribution in [-0.2, 0) is 0 Å². The second kappa shape index (κ2) is 5.95. The van der Waals surface area contributed by atoms with Gasteiger partial charge in [0, 0.05) is 12.7 Å². The summed E-state index contributed by atoms with van der Waals surface area (Å²) in [5, 5.41) is 2.83. The molecule has 0 aromatic carbocycles. The van der Waals surface area contributed by atoms with Gasteiger partial charge in [-0.1, -0.05) is 20.8 Å². The standard InChI is InChI=1S/C15H20N4O2/c1-15(2,3)6-7-17-13(20)11-9-21-14(19-11)10-4-5-12(16)18-8-10/h4-5,8-9H,6-7H2,1-3H3,(H2,16,18)(H,17,20). The molecule has 0 aliphatic carbocycles. The van der Waals surface area contributed by atoms with Crippen LogP contribution in [0, 0.1) is 5.41 Å². The molecule has 1 amide bonds. The number of amides is 1. The van der Waals surface area contributed by atoms with Crippen LogP contribution in [0.25, 0.3) is 11.5 Å². The number of carbonyl (C=O) groups is 1. The van der Waals surface area contributed by atoms with Crippen molar-refractivity contribution < 1.29 is 9.21 Å². The van der Waals surface area contributed by atoms with E-state index in [1.165, 1.54) is 6.26 Å². The van der Waals surface area contributed by atoms with E-state index in [4.69, 9.17) is 10.2 Å². The Morgan fingerprint density at radius 2 is 2.14 bits per heavy atom. The molecule has 0 aliphatic rings. The average Bonchev–Trinajstić information content (AvgIpc) is 2.87. The lowest BCUT2D eigenvalue weighted by atomic mass is 9.92. The van der Waals surface area contributed by atoms with Gasteiger partial charge in [0.1, 0.15) is 12.1 Å². The highest BCUT2D eigenvalue weighted by atomic mass is 16.3. The smallest absolute Gasteiger partial charge is 0.273 e. The average molecular weight is 288 g/mol. The first kappa shape index (κ1) is 15.0. The fourth-order valence-electron chi connectivity index (χ4n) is 1.68. The van der Waals surface area contributed by atoms with Gasteiger partial charge < -0.3 is 15.5 Å². The third-order valence-corrected chi connectivity index (χ3v) is 2.93. The molecular weight excluding hydrogens is 268 g/mol. The molecule has 0 aliphatic heterocycles. The molecule has 6 heteroatoms. The van der Waals surface area contributed by atoms with Crippen LogP contribution in [0.5, 0.6) is 0 Å². The van der Waals surface area contributed by atoms with Crippen LogP contribution in [-0.4, -0.2) is 22.4 Å². The van der Waals surface area contributed by atoms with Crippen molar-refractivity contribution >= 4 is 11.7 Å². The number of rotatable bonds is 4. The first-order valence-electron chi connectivity index (χ1n) is 6.81. The van der Waals surface area contributed by atoms with E-state index in [1.54, 1.807) is 18.3 Å². The number of hydrogen-bond donors (Lipinski definition) is 2. The van der Waals surface area contributed by atoms with Gasteiger partial charge in [-0.3, -0.25) is 4.79 Å². The van der Waals surface area contributed by atoms with Gasteiger partial charge in [0.05, 0.1) is 5.56 Å². The minimum Gasteiger partial charge on any atom is -0.444 e. The lowest BCUT2D eigenvalue weighted by molar-refractivity contribution is 0.0944. The summed E-state index contributed by atoms with van der Waals surface area (Å²) in [5.41, 5.74) is 6.64. The minimum atomic E-state index is -0.238. The van der Waals surface area contributed by atoms with E-state index in [0.29, 0.717) is 23.8 Å². The molecule has 0 radical (unpaired) electrons. The van der Waals surface area contributed by atoms with Crippen LogP contribution in [0.2, 0.25) is 0 Å². The number of aromatic nitrogens is 2. The predicted octanol–water partition coefficient (Wildman–Crippen LogP) is 2.48. The zero-order valence-electron chi connectivity index (χ0n) is 12.5. The van der Waals surface area contributed by atoms with Gasteiger partial charge in [0.25, 0.3) is 5.91 Å². The summed E-state index contributed by atoms with van der Waals surface area (Å²) in [6, 6.07) is 3.40. The normalized spacial score (nSPS) is 11.4. The fraction of sp³-hybridized carbons (Fsp3) is 0.400. The van der Waals surface area contributed by atoms with Crippen LogP contribution in [0.4, 0.5) is 5.82 Å². The number of oxazole rings is 1. The molecule has 0 saturated carbocycles. The van der Waals surface area contributed by atoms with Crippen molar-refractivity contribution in [2.45, 2.75) is 27.2 Å². The number of hydrogen-bond acceptors (Lipinski definition) is 5. The predicted molar refractivity (Wildman–Crippen MR) is 80.6 cm³/mol. The molecule has 0 fully saturated rings. The summed E-state index contributed by atoms with van der Waals surface area (Å²) in [4.78, 5) is 20.1. The van der Waals surface area contributed by atoms with Crippen molar-refractivity contribution in [2.24, 2.45) is 5.41 Å². The van der Waals surface area contributed by atoms with Crippen molar-refractivity contribution in [2.75, 3.05) is 12.3 Å². The zero-order valence-corrected chi connectivity index (χ0v) is 12.5. The molecule has 3 N–H and O–H groups in total. The summed E-state index contributed by atoms with van der Waals surface area (Å²) in [7, 11) is 0. The van der Waals surface area contributed by atoms with Crippen LogP contribution in [0.3, 0.4) is 0 Å². The third kappa shape index (κ3) is 4.30. The van der Waals surface area contributed by atoms with Crippen molar-refractivity contribution in [1.82, 2.24) is 15.3 Å². The molecule has 2 heterocycles. The van der Waals surface area contributed by atoms with Gasteiger partial charge in [0.15, 0.2) is 5.69 Å². The summed E-state index contributed by atoms with van der Waals surface area (Å²) in [6.45, 7) is 6.98. The van der Waals surface area contributed by atoms with Gasteiger partial charge in [-0.25, -0.2) is 9.97 Å². The Labute approximate surface area is 123 Å². The quantitative estimate of drug-likeness (QED) is 0.901. The summed E-state index contributed by atoms with van der Waals surface area (Å²) in [6.07, 6.45) is 3.80. The van der Waals surface area contributed by atoms with Crippen LogP contribution >= 0.6 is 0 Å². The molecule has 0 saturated heterocycles. The van der Waals surface area contributed by atoms with Crippen molar-refractivity contribution in [3.8, 4) is 11.5 Å². The molecule has 2 rings (SSSR count). The molecule has 112 valence electrons. The summed E-state index contributed by atoms with van der Waals surface area (Å²) < 4.78 is 5.31. The Morgan fingerprint density at radius 1 is 1.38 bits per heavy atom. The first-order valence-corrected chi connectivity index (χ1v) is 6.81. The van der Waals surface area contributed by atoms with E-state index in [9.17, 15) is 4.79 Å². The number of nitrogens with zero attached hydrogens (tertiary/aromatic N) is 2. The Hall–Kier alpha value is -2.37. The number of anilines is 1. The highest BCUT2D eigenvalue weighted by Gasteiger charge is 2.15. The van der Waals surface area contributed by atoms with E-state index >= 15 is 0 Å². The van der Waals surface area contributed by atoms with E-state index < -0.39 is 0 Å². The lowest BCUT2D eigenvalue weighted by Gasteiger charge is -2.17. The molecule has 0 atom stereocenters. The molecule has 2 aromatic rings. The lowest BCUT2D eigenvalue weighted by Crippen LogP contribution is -2.27. The molecule has 6 nitrogen and oxygen atoms in total. The Morgan fingerprint density at radius 3 is 2.76 bits per heavy atom. The maximum absolute atomic E-state index is 12.0. The van der Waals surface area contributed by atoms with Crippen LogP contribution < -0.4 is 11.1 Å². The van der Waals surface area contributed by atoms with Crippen LogP contribution in [0.15, 0.2) is 29.0 Å². The monoisotopic (exact) mass is 288 g/mol. The van der Waals surface area contributed by atoms with E-state index in [1.807, 2.05) is 0 Å². The third-order valence-electron chi connectivity index (χ3n) is 2.93. The Balaban J connectivity index is 1.99. The maximum atomic E-state index is 12.0. The molecule has 21 heavy (non-hydrogen) atoms. The van der Waals surface area contributed by atoms with Crippen LogP contribution in [0.1, 0.15) is 37.7 Å². The molecule has 0 spiro atoms. The number of nitrogen functional groups attached to an aromatic ring is 1. The minimum absolute atomic E-state index is 0.178. The first-order chi connectivity index (χ1) is 9.85. The van der Waals surface area contributed by atoms with Crippen molar-refractivity contribution in [1.29, 1.82) is 0 Å². The highest BCUT2D eigenvalue weighted by molar-refractivity contribution is 5.92. The number of nitrogens with one attached hydrogen (secondary N) is 1. The van der Waals surface area contributed by atoms with E-state index in [-0.39, 0.29) is 17.0 Å². The van der Waals surface area contributed by atoms with Gasteiger partial charge in [0.2, 0.25) is 5.89 Å². The van der Waals surface area contributed by atoms with E-state index in [0.717, 1.165) is 6.42 Å². The van der Waals surface area contributed by atoms with Gasteiger partial charge in [-0.15, -0.1) is 0 Å². The topological polar surface area (TPSA) is 94.0 Å². The number of pyridine rings is 1. The number of nitrogens with two attached hydrogens (primary N) is 1. The fourth-order valence-corrected chi connectivity index (χ4v) is 1.68. The van der Waals surface area contributed by atoms with E-state index in [2.05, 4.69) is 36.1 Å². The molecule has 0 bridgehead atoms. The van der Waals surface area contributed by atoms with Crippen molar-refractivity contribution in [3.05, 3.63) is 30.3 Å². The van der Waals surface area contributed by atoms with Gasteiger partial charge >= 0.3 is 0 Å². The van der Waals surface area contributed by atoms with Gasteiger partial charge in [-0.2, -0.15) is 0 Å². The SMILES string of the molecule is CC(C)(C)CCNC(=O)c1coc(-c2ccc(N)nc2)n1. The Bertz CT molecular complexity index is 611. The second-order valence-corrected chi connectivity index (χ2v) is 6.08. The number of carbonyl (C=O) groups excluding carboxylic acids is 1. The summed E-state index contributed by atoms with van der Waals surface area (Å²) >= 11 is 0.